The fourth-order valence-corrected chi connectivity index (χ4v) is 2.58. The summed E-state index contributed by atoms with van der Waals surface area (Å²) in [4.78, 5) is 10.0. The number of nitrogens with zero attached hydrogens (tertiary/aromatic N) is 1. The molecule has 5 N–H and O–H groups in total. The standard InChI is InChI=1S/C5H10N2O2S2.H3N/c8-5(9)6-10-11-7-3-1-2-4-7;/h6H,1-4H2,(H,8,9);1H3. The molecule has 7 heteroatoms. The zero-order chi connectivity index (χ0) is 8.10. The number of nitrogens with one attached hydrogen (secondary N) is 1. The Labute approximate surface area is 79.5 Å². The topological polar surface area (TPSA) is 87.6 Å². The van der Waals surface area contributed by atoms with Crippen molar-refractivity contribution in [3.63, 3.8) is 0 Å². The van der Waals surface area contributed by atoms with Gasteiger partial charge in [0.05, 0.1) is 0 Å². The van der Waals surface area contributed by atoms with Crippen LogP contribution in [0.15, 0.2) is 0 Å². The molecule has 1 aliphatic rings. The van der Waals surface area contributed by atoms with Gasteiger partial charge < -0.3 is 11.3 Å². The van der Waals surface area contributed by atoms with E-state index in [1.54, 1.807) is 0 Å². The van der Waals surface area contributed by atoms with Gasteiger partial charge in [0.1, 0.15) is 0 Å². The van der Waals surface area contributed by atoms with Gasteiger partial charge in [-0.3, -0.25) is 4.72 Å². The van der Waals surface area contributed by atoms with Crippen LogP contribution in [0.5, 0.6) is 0 Å². The Morgan fingerprint density at radius 1 is 1.42 bits per heavy atom. The first-order chi connectivity index (χ1) is 5.29. The van der Waals surface area contributed by atoms with E-state index in [2.05, 4.69) is 9.03 Å². The van der Waals surface area contributed by atoms with Gasteiger partial charge in [-0.05, 0) is 12.8 Å². The van der Waals surface area contributed by atoms with Crippen molar-refractivity contribution in [2.45, 2.75) is 12.8 Å². The summed E-state index contributed by atoms with van der Waals surface area (Å²) < 4.78 is 4.38. The van der Waals surface area contributed by atoms with Crippen LogP contribution in [0.2, 0.25) is 0 Å². The van der Waals surface area contributed by atoms with Crippen molar-refractivity contribution >= 4 is 28.1 Å². The molecule has 1 saturated heterocycles. The Hall–Kier alpha value is -0.110. The second-order valence-corrected chi connectivity index (χ2v) is 4.18. The van der Waals surface area contributed by atoms with E-state index in [0.29, 0.717) is 0 Å². The largest absolute Gasteiger partial charge is 0.464 e. The molecule has 0 spiro atoms. The maximum Gasteiger partial charge on any atom is 0.415 e. The molecule has 1 amide bonds. The minimum Gasteiger partial charge on any atom is -0.464 e. The maximum absolute atomic E-state index is 10.0. The molecule has 0 saturated carbocycles. The SMILES string of the molecule is N.O=C(O)NSSN1CCCC1. The lowest BCUT2D eigenvalue weighted by Crippen LogP contribution is -2.13. The molecule has 0 radical (unpaired) electrons. The Morgan fingerprint density at radius 2 is 2.00 bits per heavy atom. The van der Waals surface area contributed by atoms with Gasteiger partial charge in [-0.15, -0.1) is 0 Å². The van der Waals surface area contributed by atoms with Gasteiger partial charge in [0.25, 0.3) is 0 Å². The highest BCUT2D eigenvalue weighted by Crippen LogP contribution is 2.26. The van der Waals surface area contributed by atoms with E-state index in [1.165, 1.54) is 23.8 Å². The van der Waals surface area contributed by atoms with Crippen molar-refractivity contribution in [1.29, 1.82) is 0 Å². The van der Waals surface area contributed by atoms with Crippen LogP contribution < -0.4 is 10.9 Å². The van der Waals surface area contributed by atoms with Crippen LogP contribution in [0.3, 0.4) is 0 Å². The molecule has 0 aliphatic carbocycles. The molecule has 0 bridgehead atoms. The van der Waals surface area contributed by atoms with Crippen LogP contribution in [-0.2, 0) is 0 Å². The second-order valence-electron chi connectivity index (χ2n) is 2.20. The van der Waals surface area contributed by atoms with E-state index in [-0.39, 0.29) is 6.15 Å². The third kappa shape index (κ3) is 4.70. The third-order valence-electron chi connectivity index (χ3n) is 1.34. The summed E-state index contributed by atoms with van der Waals surface area (Å²) in [5.41, 5.74) is 0. The quantitative estimate of drug-likeness (QED) is 0.486. The lowest BCUT2D eigenvalue weighted by Gasteiger charge is -2.10. The number of hydrogen-bond donors (Lipinski definition) is 3. The predicted octanol–water partition coefficient (Wildman–Crippen LogP) is 1.72. The van der Waals surface area contributed by atoms with Crippen molar-refractivity contribution in [3.05, 3.63) is 0 Å². The van der Waals surface area contributed by atoms with E-state index >= 15 is 0 Å². The highest BCUT2D eigenvalue weighted by molar-refractivity contribution is 8.75. The number of rotatable bonds is 3. The van der Waals surface area contributed by atoms with E-state index in [1.807, 2.05) is 0 Å². The minimum absolute atomic E-state index is 0. The van der Waals surface area contributed by atoms with Crippen LogP contribution in [0.25, 0.3) is 0 Å². The Morgan fingerprint density at radius 3 is 2.50 bits per heavy atom. The maximum atomic E-state index is 10.0. The molecule has 12 heavy (non-hydrogen) atoms. The molecule has 0 aromatic rings. The molecule has 1 fully saturated rings. The molecule has 0 atom stereocenters. The van der Waals surface area contributed by atoms with Crippen molar-refractivity contribution < 1.29 is 9.90 Å². The number of hydrogen-bond acceptors (Lipinski definition) is 5. The molecule has 1 aliphatic heterocycles. The van der Waals surface area contributed by atoms with E-state index in [9.17, 15) is 4.79 Å². The Kier molecular flexibility index (Phi) is 6.35. The normalized spacial score (nSPS) is 17.0. The highest BCUT2D eigenvalue weighted by atomic mass is 33.1. The lowest BCUT2D eigenvalue weighted by atomic mass is 10.4. The van der Waals surface area contributed by atoms with E-state index < -0.39 is 6.09 Å². The summed E-state index contributed by atoms with van der Waals surface area (Å²) in [5.74, 6) is 0. The highest BCUT2D eigenvalue weighted by Gasteiger charge is 2.12. The average Bonchev–Trinajstić information content (AvgIpc) is 2.39. The summed E-state index contributed by atoms with van der Waals surface area (Å²) in [7, 11) is 2.62. The van der Waals surface area contributed by atoms with Crippen LogP contribution >= 0.6 is 22.0 Å². The van der Waals surface area contributed by atoms with Crippen LogP contribution in [0.4, 0.5) is 4.79 Å². The first-order valence-electron chi connectivity index (χ1n) is 3.36. The average molecular weight is 211 g/mol. The Balaban J connectivity index is 0.00000121. The van der Waals surface area contributed by atoms with Crippen LogP contribution in [0, 0.1) is 0 Å². The van der Waals surface area contributed by atoms with Crippen molar-refractivity contribution in [1.82, 2.24) is 15.2 Å². The van der Waals surface area contributed by atoms with Gasteiger partial charge >= 0.3 is 6.09 Å². The summed E-state index contributed by atoms with van der Waals surface area (Å²) >= 11 is 0. The predicted molar refractivity (Wildman–Crippen MR) is 52.2 cm³/mol. The number of carboxylic acid groups (broad SMARTS) is 1. The second kappa shape index (κ2) is 6.41. The van der Waals surface area contributed by atoms with E-state index in [0.717, 1.165) is 24.1 Å². The van der Waals surface area contributed by atoms with Gasteiger partial charge in [0, 0.05) is 35.0 Å². The lowest BCUT2D eigenvalue weighted by molar-refractivity contribution is 0.202. The zero-order valence-corrected chi connectivity index (χ0v) is 8.29. The van der Waals surface area contributed by atoms with Crippen LogP contribution in [-0.4, -0.2) is 28.6 Å². The van der Waals surface area contributed by atoms with Crippen molar-refractivity contribution in [2.24, 2.45) is 0 Å². The molecule has 72 valence electrons. The van der Waals surface area contributed by atoms with Gasteiger partial charge in [-0.25, -0.2) is 9.10 Å². The molecule has 0 unspecified atom stereocenters. The van der Waals surface area contributed by atoms with E-state index in [4.69, 9.17) is 5.11 Å². The summed E-state index contributed by atoms with van der Waals surface area (Å²) in [5, 5.41) is 8.22. The Bertz CT molecular complexity index is 141. The first-order valence-corrected chi connectivity index (χ1v) is 5.47. The fraction of sp³-hybridized carbons (Fsp3) is 0.800. The number of carbonyl (C=O) groups is 1. The van der Waals surface area contributed by atoms with Gasteiger partial charge in [0.15, 0.2) is 0 Å². The molecule has 0 aromatic carbocycles. The number of amides is 1. The monoisotopic (exact) mass is 211 g/mol. The molecule has 0 aromatic heterocycles. The summed E-state index contributed by atoms with van der Waals surface area (Å²) in [6.07, 6.45) is 1.46. The summed E-state index contributed by atoms with van der Waals surface area (Å²) in [6.45, 7) is 2.14. The van der Waals surface area contributed by atoms with Crippen molar-refractivity contribution in [3.8, 4) is 0 Å². The molecular formula is C5H13N3O2S2. The first kappa shape index (κ1) is 11.9. The zero-order valence-electron chi connectivity index (χ0n) is 6.65. The molecular weight excluding hydrogens is 198 g/mol. The summed E-state index contributed by atoms with van der Waals surface area (Å²) in [6, 6.07) is 0. The van der Waals surface area contributed by atoms with Gasteiger partial charge in [0.2, 0.25) is 0 Å². The molecule has 1 heterocycles. The van der Waals surface area contributed by atoms with Gasteiger partial charge in [-0.1, -0.05) is 0 Å². The fourth-order valence-electron chi connectivity index (χ4n) is 0.870. The smallest absolute Gasteiger partial charge is 0.415 e. The minimum atomic E-state index is -0.985. The van der Waals surface area contributed by atoms with Gasteiger partial charge in [-0.2, -0.15) is 0 Å². The molecule has 5 nitrogen and oxygen atoms in total. The third-order valence-corrected chi connectivity index (χ3v) is 3.35. The molecule has 1 rings (SSSR count). The van der Waals surface area contributed by atoms with Crippen LogP contribution in [0.1, 0.15) is 12.8 Å². The van der Waals surface area contributed by atoms with Crippen molar-refractivity contribution in [2.75, 3.05) is 13.1 Å².